The molecule has 1 aromatic heterocycles. The van der Waals surface area contributed by atoms with Gasteiger partial charge in [0.15, 0.2) is 5.89 Å². The van der Waals surface area contributed by atoms with E-state index >= 15 is 0 Å². The number of nitrogens with zero attached hydrogens (tertiary/aromatic N) is 1. The van der Waals surface area contributed by atoms with Crippen molar-refractivity contribution in [2.75, 3.05) is 13.7 Å². The third-order valence-electron chi connectivity index (χ3n) is 1.59. The van der Waals surface area contributed by atoms with E-state index in [0.717, 1.165) is 0 Å². The van der Waals surface area contributed by atoms with Crippen molar-refractivity contribution in [3.63, 3.8) is 0 Å². The number of carbonyl (C=O) groups is 2. The second kappa shape index (κ2) is 4.56. The molecule has 0 atom stereocenters. The van der Waals surface area contributed by atoms with Crippen molar-refractivity contribution in [2.45, 2.75) is 6.42 Å². The fourth-order valence-electron chi connectivity index (χ4n) is 0.951. The molecule has 15 heavy (non-hydrogen) atoms. The number of rotatable bonds is 5. The molecule has 0 saturated carbocycles. The minimum absolute atomic E-state index is 0.0339. The zero-order valence-corrected chi connectivity index (χ0v) is 7.89. The molecule has 0 aliphatic carbocycles. The van der Waals surface area contributed by atoms with Crippen LogP contribution in [0.1, 0.15) is 26.9 Å². The summed E-state index contributed by atoms with van der Waals surface area (Å²) in [7, 11) is 1.46. The molecule has 0 spiro atoms. The summed E-state index contributed by atoms with van der Waals surface area (Å²) in [5.41, 5.74) is -0.589. The van der Waals surface area contributed by atoms with E-state index in [1.54, 1.807) is 0 Å². The number of hydrogen-bond donors (Lipinski definition) is 2. The molecule has 1 aromatic rings. The van der Waals surface area contributed by atoms with E-state index in [-0.39, 0.29) is 18.9 Å². The Balaban J connectivity index is 2.98. The average Bonchev–Trinajstić information content (AvgIpc) is 2.58. The lowest BCUT2D eigenvalue weighted by Crippen LogP contribution is -2.05. The Bertz CT molecular complexity index is 351. The third kappa shape index (κ3) is 2.53. The molecule has 1 heterocycles. The molecule has 7 heteroatoms. The highest BCUT2D eigenvalue weighted by Crippen LogP contribution is 2.11. The van der Waals surface area contributed by atoms with Crippen LogP contribution in [0.5, 0.6) is 0 Å². The van der Waals surface area contributed by atoms with Gasteiger partial charge in [-0.25, -0.2) is 14.6 Å². The Labute approximate surface area is 84.3 Å². The van der Waals surface area contributed by atoms with Gasteiger partial charge in [-0.15, -0.1) is 0 Å². The fraction of sp³-hybridized carbons (Fsp3) is 0.375. The zero-order valence-electron chi connectivity index (χ0n) is 7.89. The normalized spacial score (nSPS) is 10.2. The summed E-state index contributed by atoms with van der Waals surface area (Å²) in [5, 5.41) is 17.3. The maximum atomic E-state index is 10.6. The van der Waals surface area contributed by atoms with Crippen LogP contribution in [0, 0.1) is 0 Å². The summed E-state index contributed by atoms with van der Waals surface area (Å²) < 4.78 is 9.49. The van der Waals surface area contributed by atoms with Crippen molar-refractivity contribution in [3.8, 4) is 0 Å². The number of carboxylic acid groups (broad SMARTS) is 2. The molecule has 82 valence electrons. The van der Waals surface area contributed by atoms with E-state index in [1.807, 2.05) is 0 Å². The van der Waals surface area contributed by atoms with Gasteiger partial charge in [-0.3, -0.25) is 0 Å². The van der Waals surface area contributed by atoms with Gasteiger partial charge >= 0.3 is 11.9 Å². The fourth-order valence-corrected chi connectivity index (χ4v) is 0.951. The molecule has 0 saturated heterocycles. The largest absolute Gasteiger partial charge is 0.476 e. The van der Waals surface area contributed by atoms with Crippen molar-refractivity contribution in [1.29, 1.82) is 0 Å². The lowest BCUT2D eigenvalue weighted by molar-refractivity contribution is 0.0622. The summed E-state index contributed by atoms with van der Waals surface area (Å²) >= 11 is 0. The van der Waals surface area contributed by atoms with Gasteiger partial charge in [-0.05, 0) is 0 Å². The number of oxazole rings is 1. The molecule has 0 bridgehead atoms. The van der Waals surface area contributed by atoms with Gasteiger partial charge < -0.3 is 19.4 Å². The molecule has 0 radical (unpaired) electrons. The number of aromatic carboxylic acids is 2. The van der Waals surface area contributed by atoms with Crippen LogP contribution >= 0.6 is 0 Å². The summed E-state index contributed by atoms with van der Waals surface area (Å²) in [6.07, 6.45) is 0.226. The molecule has 0 aliphatic heterocycles. The second-order valence-electron chi connectivity index (χ2n) is 2.64. The van der Waals surface area contributed by atoms with E-state index in [2.05, 4.69) is 4.98 Å². The standard InChI is InChI=1S/C8H9NO6/c1-14-3-2-4-9-5(7(10)11)6(15-4)8(12)13/h2-3H2,1H3,(H,10,11)(H,12,13). The van der Waals surface area contributed by atoms with Gasteiger partial charge in [-0.2, -0.15) is 0 Å². The van der Waals surface area contributed by atoms with Crippen molar-refractivity contribution in [1.82, 2.24) is 4.98 Å². The van der Waals surface area contributed by atoms with Crippen molar-refractivity contribution < 1.29 is 29.0 Å². The van der Waals surface area contributed by atoms with Gasteiger partial charge in [-0.1, -0.05) is 0 Å². The first-order valence-electron chi connectivity index (χ1n) is 4.01. The molecule has 0 fully saturated rings. The minimum atomic E-state index is -1.46. The van der Waals surface area contributed by atoms with Gasteiger partial charge in [0.1, 0.15) is 0 Å². The Morgan fingerprint density at radius 1 is 1.40 bits per heavy atom. The molecular weight excluding hydrogens is 206 g/mol. The average molecular weight is 215 g/mol. The van der Waals surface area contributed by atoms with Gasteiger partial charge in [0, 0.05) is 13.5 Å². The van der Waals surface area contributed by atoms with E-state index in [4.69, 9.17) is 19.4 Å². The number of aromatic nitrogens is 1. The molecule has 0 amide bonds. The zero-order chi connectivity index (χ0) is 11.4. The summed E-state index contributed by atoms with van der Waals surface area (Å²) in [5.74, 6) is -3.51. The Kier molecular flexibility index (Phi) is 3.40. The first kappa shape index (κ1) is 11.2. The first-order valence-corrected chi connectivity index (χ1v) is 4.01. The smallest absolute Gasteiger partial charge is 0.374 e. The van der Waals surface area contributed by atoms with Gasteiger partial charge in [0.05, 0.1) is 6.61 Å². The van der Waals surface area contributed by atoms with E-state index in [0.29, 0.717) is 0 Å². The number of methoxy groups -OCH3 is 1. The number of ether oxygens (including phenoxy) is 1. The van der Waals surface area contributed by atoms with Crippen LogP contribution in [0.3, 0.4) is 0 Å². The molecule has 0 unspecified atom stereocenters. The van der Waals surface area contributed by atoms with Crippen LogP contribution in [0.25, 0.3) is 0 Å². The monoisotopic (exact) mass is 215 g/mol. The Morgan fingerprint density at radius 2 is 2.07 bits per heavy atom. The summed E-state index contributed by atoms with van der Waals surface area (Å²) in [4.78, 5) is 24.7. The molecule has 7 nitrogen and oxygen atoms in total. The van der Waals surface area contributed by atoms with E-state index < -0.39 is 23.4 Å². The van der Waals surface area contributed by atoms with Crippen LogP contribution in [0.2, 0.25) is 0 Å². The second-order valence-corrected chi connectivity index (χ2v) is 2.64. The highest BCUT2D eigenvalue weighted by Gasteiger charge is 2.24. The Morgan fingerprint density at radius 3 is 2.47 bits per heavy atom. The predicted octanol–water partition coefficient (Wildman–Crippen LogP) is 0.260. The van der Waals surface area contributed by atoms with E-state index in [1.165, 1.54) is 7.11 Å². The molecular formula is C8H9NO6. The Hall–Kier alpha value is -1.89. The van der Waals surface area contributed by atoms with Gasteiger partial charge in [0.25, 0.3) is 0 Å². The molecule has 0 aliphatic rings. The maximum absolute atomic E-state index is 10.6. The summed E-state index contributed by atoms with van der Waals surface area (Å²) in [6, 6.07) is 0. The lowest BCUT2D eigenvalue weighted by atomic mass is 10.3. The van der Waals surface area contributed by atoms with Crippen molar-refractivity contribution >= 4 is 11.9 Å². The van der Waals surface area contributed by atoms with Crippen molar-refractivity contribution in [3.05, 3.63) is 17.3 Å². The maximum Gasteiger partial charge on any atom is 0.374 e. The third-order valence-corrected chi connectivity index (χ3v) is 1.59. The quantitative estimate of drug-likeness (QED) is 0.724. The first-order chi connectivity index (χ1) is 7.06. The van der Waals surface area contributed by atoms with Crippen LogP contribution in [-0.4, -0.2) is 40.9 Å². The highest BCUT2D eigenvalue weighted by atomic mass is 16.5. The van der Waals surface area contributed by atoms with Crippen LogP contribution < -0.4 is 0 Å². The SMILES string of the molecule is COCCc1nc(C(=O)O)c(C(=O)O)o1. The predicted molar refractivity (Wildman–Crippen MR) is 46.0 cm³/mol. The molecule has 1 rings (SSSR count). The van der Waals surface area contributed by atoms with E-state index in [9.17, 15) is 9.59 Å². The van der Waals surface area contributed by atoms with Crippen LogP contribution in [0.4, 0.5) is 0 Å². The van der Waals surface area contributed by atoms with Crippen LogP contribution in [0.15, 0.2) is 4.42 Å². The van der Waals surface area contributed by atoms with Crippen LogP contribution in [-0.2, 0) is 11.2 Å². The summed E-state index contributed by atoms with van der Waals surface area (Å²) in [6.45, 7) is 0.276. The number of carboxylic acids is 2. The minimum Gasteiger partial charge on any atom is -0.476 e. The van der Waals surface area contributed by atoms with Crippen molar-refractivity contribution in [2.24, 2.45) is 0 Å². The lowest BCUT2D eigenvalue weighted by Gasteiger charge is -1.91. The topological polar surface area (TPSA) is 110 Å². The molecule has 0 aromatic carbocycles. The molecule has 2 N–H and O–H groups in total. The van der Waals surface area contributed by atoms with Gasteiger partial charge in [0.2, 0.25) is 11.5 Å². The number of hydrogen-bond acceptors (Lipinski definition) is 5. The highest BCUT2D eigenvalue weighted by molar-refractivity contribution is 5.98.